The first kappa shape index (κ1) is 10.4. The van der Waals surface area contributed by atoms with Gasteiger partial charge in [0.15, 0.2) is 0 Å². The van der Waals surface area contributed by atoms with Crippen molar-refractivity contribution in [2.75, 3.05) is 13.1 Å². The molecule has 1 aliphatic rings. The third-order valence-electron chi connectivity index (χ3n) is 2.35. The standard InChI is InChI=1S/C9H13N3.ClH/c1-2-8(4-10-3-1)9-5-11-7-12-6-9;/h5-8,10H,1-4H2;1H. The van der Waals surface area contributed by atoms with Crippen LogP contribution in [0.4, 0.5) is 0 Å². The molecule has 0 spiro atoms. The van der Waals surface area contributed by atoms with Crippen LogP contribution in [0, 0.1) is 0 Å². The van der Waals surface area contributed by atoms with Crippen molar-refractivity contribution in [2.45, 2.75) is 18.8 Å². The Hall–Kier alpha value is -0.670. The zero-order valence-corrected chi connectivity index (χ0v) is 8.26. The lowest BCUT2D eigenvalue weighted by molar-refractivity contribution is 0.460. The van der Waals surface area contributed by atoms with Gasteiger partial charge in [-0.25, -0.2) is 9.97 Å². The molecular formula is C9H14ClN3. The summed E-state index contributed by atoms with van der Waals surface area (Å²) in [4.78, 5) is 8.04. The van der Waals surface area contributed by atoms with E-state index in [1.54, 1.807) is 6.33 Å². The van der Waals surface area contributed by atoms with Gasteiger partial charge in [-0.3, -0.25) is 0 Å². The van der Waals surface area contributed by atoms with Crippen LogP contribution in [0.15, 0.2) is 18.7 Å². The highest BCUT2D eigenvalue weighted by molar-refractivity contribution is 5.85. The Morgan fingerprint density at radius 3 is 2.69 bits per heavy atom. The van der Waals surface area contributed by atoms with Crippen molar-refractivity contribution in [1.29, 1.82) is 0 Å². The minimum Gasteiger partial charge on any atom is -0.316 e. The molecule has 0 aliphatic carbocycles. The van der Waals surface area contributed by atoms with E-state index in [9.17, 15) is 0 Å². The van der Waals surface area contributed by atoms with E-state index in [1.165, 1.54) is 18.4 Å². The van der Waals surface area contributed by atoms with Crippen molar-refractivity contribution >= 4 is 12.4 Å². The smallest absolute Gasteiger partial charge is 0.115 e. The zero-order chi connectivity index (χ0) is 8.23. The van der Waals surface area contributed by atoms with Crippen LogP contribution in [-0.4, -0.2) is 23.1 Å². The number of nitrogens with one attached hydrogen (secondary N) is 1. The third-order valence-corrected chi connectivity index (χ3v) is 2.35. The first-order valence-corrected chi connectivity index (χ1v) is 4.42. The minimum atomic E-state index is 0. The molecule has 1 saturated heterocycles. The Morgan fingerprint density at radius 1 is 1.31 bits per heavy atom. The molecule has 1 aliphatic heterocycles. The van der Waals surface area contributed by atoms with Gasteiger partial charge in [-0.15, -0.1) is 12.4 Å². The van der Waals surface area contributed by atoms with Crippen molar-refractivity contribution in [3.8, 4) is 0 Å². The number of nitrogens with zero attached hydrogens (tertiary/aromatic N) is 2. The Bertz CT molecular complexity index is 234. The van der Waals surface area contributed by atoms with Gasteiger partial charge >= 0.3 is 0 Å². The highest BCUT2D eigenvalue weighted by atomic mass is 35.5. The quantitative estimate of drug-likeness (QED) is 0.743. The van der Waals surface area contributed by atoms with Gasteiger partial charge in [0.25, 0.3) is 0 Å². The fourth-order valence-corrected chi connectivity index (χ4v) is 1.66. The van der Waals surface area contributed by atoms with Crippen LogP contribution in [-0.2, 0) is 0 Å². The molecule has 0 amide bonds. The lowest BCUT2D eigenvalue weighted by Gasteiger charge is -2.22. The summed E-state index contributed by atoms with van der Waals surface area (Å²) in [5, 5.41) is 3.38. The molecule has 1 fully saturated rings. The summed E-state index contributed by atoms with van der Waals surface area (Å²) >= 11 is 0. The molecule has 1 N–H and O–H groups in total. The van der Waals surface area contributed by atoms with E-state index in [2.05, 4.69) is 15.3 Å². The lowest BCUT2D eigenvalue weighted by atomic mass is 9.94. The fraction of sp³-hybridized carbons (Fsp3) is 0.556. The number of hydrogen-bond donors (Lipinski definition) is 1. The number of piperidine rings is 1. The summed E-state index contributed by atoms with van der Waals surface area (Å²) < 4.78 is 0. The lowest BCUT2D eigenvalue weighted by Crippen LogP contribution is -2.28. The molecule has 0 radical (unpaired) electrons. The number of halogens is 1. The monoisotopic (exact) mass is 199 g/mol. The average Bonchev–Trinajstić information content (AvgIpc) is 2.21. The summed E-state index contributed by atoms with van der Waals surface area (Å²) in [6.07, 6.45) is 7.95. The van der Waals surface area contributed by atoms with E-state index < -0.39 is 0 Å². The Morgan fingerprint density at radius 2 is 2.08 bits per heavy atom. The number of rotatable bonds is 1. The Labute approximate surface area is 84.4 Å². The maximum atomic E-state index is 4.02. The molecule has 4 heteroatoms. The van der Waals surface area contributed by atoms with Gasteiger partial charge in [0, 0.05) is 18.9 Å². The molecule has 13 heavy (non-hydrogen) atoms. The summed E-state index contributed by atoms with van der Waals surface area (Å²) in [6, 6.07) is 0. The van der Waals surface area contributed by atoms with E-state index in [0.29, 0.717) is 5.92 Å². The number of hydrogen-bond acceptors (Lipinski definition) is 3. The van der Waals surface area contributed by atoms with Gasteiger partial charge in [0.05, 0.1) is 0 Å². The van der Waals surface area contributed by atoms with Gasteiger partial charge in [0.2, 0.25) is 0 Å². The van der Waals surface area contributed by atoms with Crippen molar-refractivity contribution in [3.63, 3.8) is 0 Å². The summed E-state index contributed by atoms with van der Waals surface area (Å²) in [5.41, 5.74) is 1.27. The second-order valence-electron chi connectivity index (χ2n) is 3.22. The Kier molecular flexibility index (Phi) is 4.12. The van der Waals surface area contributed by atoms with Gasteiger partial charge in [-0.05, 0) is 30.9 Å². The van der Waals surface area contributed by atoms with Crippen molar-refractivity contribution < 1.29 is 0 Å². The highest BCUT2D eigenvalue weighted by Crippen LogP contribution is 2.20. The van der Waals surface area contributed by atoms with Crippen LogP contribution in [0.1, 0.15) is 24.3 Å². The molecule has 72 valence electrons. The normalized spacial score (nSPS) is 22.0. The Balaban J connectivity index is 0.000000845. The van der Waals surface area contributed by atoms with Crippen LogP contribution in [0.2, 0.25) is 0 Å². The first-order chi connectivity index (χ1) is 5.97. The van der Waals surface area contributed by atoms with Crippen molar-refractivity contribution in [3.05, 3.63) is 24.3 Å². The second kappa shape index (κ2) is 5.14. The van der Waals surface area contributed by atoms with Crippen molar-refractivity contribution in [2.24, 2.45) is 0 Å². The SMILES string of the molecule is Cl.c1ncc(C2CCCNC2)cn1. The average molecular weight is 200 g/mol. The molecule has 0 aromatic carbocycles. The molecular weight excluding hydrogens is 186 g/mol. The van der Waals surface area contributed by atoms with Crippen LogP contribution in [0.3, 0.4) is 0 Å². The molecule has 1 aromatic rings. The molecule has 3 nitrogen and oxygen atoms in total. The van der Waals surface area contributed by atoms with Crippen LogP contribution < -0.4 is 5.32 Å². The van der Waals surface area contributed by atoms with E-state index in [4.69, 9.17) is 0 Å². The molecule has 0 bridgehead atoms. The van der Waals surface area contributed by atoms with Crippen LogP contribution >= 0.6 is 12.4 Å². The number of aromatic nitrogens is 2. The second-order valence-corrected chi connectivity index (χ2v) is 3.22. The fourth-order valence-electron chi connectivity index (χ4n) is 1.66. The zero-order valence-electron chi connectivity index (χ0n) is 7.44. The van der Waals surface area contributed by atoms with E-state index in [-0.39, 0.29) is 12.4 Å². The topological polar surface area (TPSA) is 37.8 Å². The molecule has 2 heterocycles. The van der Waals surface area contributed by atoms with Crippen LogP contribution in [0.25, 0.3) is 0 Å². The summed E-state index contributed by atoms with van der Waals surface area (Å²) in [6.45, 7) is 2.23. The predicted octanol–water partition coefficient (Wildman–Crippen LogP) is 1.37. The maximum absolute atomic E-state index is 4.02. The van der Waals surface area contributed by atoms with Gasteiger partial charge in [0.1, 0.15) is 6.33 Å². The van der Waals surface area contributed by atoms with Gasteiger partial charge in [-0.1, -0.05) is 0 Å². The van der Waals surface area contributed by atoms with Crippen LogP contribution in [0.5, 0.6) is 0 Å². The molecule has 0 saturated carbocycles. The highest BCUT2D eigenvalue weighted by Gasteiger charge is 2.14. The minimum absolute atomic E-state index is 0. The summed E-state index contributed by atoms with van der Waals surface area (Å²) in [7, 11) is 0. The largest absolute Gasteiger partial charge is 0.316 e. The van der Waals surface area contributed by atoms with Gasteiger partial charge in [-0.2, -0.15) is 0 Å². The van der Waals surface area contributed by atoms with E-state index >= 15 is 0 Å². The molecule has 1 atom stereocenters. The van der Waals surface area contributed by atoms with E-state index in [1.807, 2.05) is 12.4 Å². The van der Waals surface area contributed by atoms with Gasteiger partial charge < -0.3 is 5.32 Å². The molecule has 2 rings (SSSR count). The first-order valence-electron chi connectivity index (χ1n) is 4.42. The third kappa shape index (κ3) is 2.64. The summed E-state index contributed by atoms with van der Waals surface area (Å²) in [5.74, 6) is 0.625. The molecule has 1 unspecified atom stereocenters. The molecule has 1 aromatic heterocycles. The van der Waals surface area contributed by atoms with Crippen molar-refractivity contribution in [1.82, 2.24) is 15.3 Å². The maximum Gasteiger partial charge on any atom is 0.115 e. The predicted molar refractivity (Wildman–Crippen MR) is 54.1 cm³/mol. The van der Waals surface area contributed by atoms with E-state index in [0.717, 1.165) is 13.1 Å².